The Balaban J connectivity index is 1.38. The SMILES string of the molecule is OCCCNC(O)c1cc(OCC2CCCN2c2ncnc3nc[nH]c23)c2ccccc2n1. The highest BCUT2D eigenvalue weighted by Crippen LogP contribution is 2.31. The van der Waals surface area contributed by atoms with E-state index in [1.165, 1.54) is 0 Å². The van der Waals surface area contributed by atoms with E-state index in [0.717, 1.165) is 41.6 Å². The van der Waals surface area contributed by atoms with Gasteiger partial charge in [0.15, 0.2) is 11.5 Å². The van der Waals surface area contributed by atoms with Gasteiger partial charge in [-0.25, -0.2) is 19.9 Å². The molecule has 0 saturated carbocycles. The van der Waals surface area contributed by atoms with Crippen molar-refractivity contribution in [3.05, 3.63) is 48.7 Å². The average Bonchev–Trinajstić information content (AvgIpc) is 3.52. The summed E-state index contributed by atoms with van der Waals surface area (Å²) in [5.74, 6) is 1.52. The second-order valence-corrected chi connectivity index (χ2v) is 8.10. The zero-order valence-corrected chi connectivity index (χ0v) is 18.2. The number of fused-ring (bicyclic) bond motifs is 2. The Labute approximate surface area is 190 Å². The third-order valence-corrected chi connectivity index (χ3v) is 5.93. The Kier molecular flexibility index (Phi) is 6.29. The highest BCUT2D eigenvalue weighted by Gasteiger charge is 2.28. The van der Waals surface area contributed by atoms with Gasteiger partial charge in [0.25, 0.3) is 0 Å². The molecule has 1 saturated heterocycles. The van der Waals surface area contributed by atoms with Gasteiger partial charge in [-0.15, -0.1) is 0 Å². The highest BCUT2D eigenvalue weighted by atomic mass is 16.5. The zero-order valence-electron chi connectivity index (χ0n) is 18.2. The van der Waals surface area contributed by atoms with Crippen molar-refractivity contribution in [3.8, 4) is 5.75 Å². The number of aliphatic hydroxyl groups excluding tert-OH is 2. The predicted molar refractivity (Wildman–Crippen MR) is 124 cm³/mol. The number of aliphatic hydroxyl groups is 2. The molecular formula is C23H27N7O3. The van der Waals surface area contributed by atoms with E-state index in [4.69, 9.17) is 9.84 Å². The molecular weight excluding hydrogens is 422 g/mol. The summed E-state index contributed by atoms with van der Waals surface area (Å²) < 4.78 is 6.34. The number of hydrogen-bond donors (Lipinski definition) is 4. The highest BCUT2D eigenvalue weighted by molar-refractivity contribution is 5.85. The first-order chi connectivity index (χ1) is 16.2. The molecule has 1 fully saturated rings. The number of benzene rings is 1. The molecule has 1 aliphatic rings. The number of ether oxygens (including phenoxy) is 1. The molecule has 4 aromatic rings. The van der Waals surface area contributed by atoms with Crippen LogP contribution in [-0.4, -0.2) is 67.5 Å². The molecule has 172 valence electrons. The molecule has 4 N–H and O–H groups in total. The van der Waals surface area contributed by atoms with Gasteiger partial charge in [-0.1, -0.05) is 12.1 Å². The number of aromatic nitrogens is 5. The summed E-state index contributed by atoms with van der Waals surface area (Å²) in [5, 5.41) is 23.4. The second kappa shape index (κ2) is 9.65. The summed E-state index contributed by atoms with van der Waals surface area (Å²) in [5.41, 5.74) is 2.73. The Morgan fingerprint density at radius 2 is 2.15 bits per heavy atom. The lowest BCUT2D eigenvalue weighted by atomic mass is 10.1. The standard InChI is InChI=1S/C23H27N7O3/c31-10-4-8-24-23(32)18-11-19(16-6-1-2-7-17(16)29-18)33-12-15-5-3-9-30(15)22-20-21(26-13-25-20)27-14-28-22/h1-2,6-7,11,13-15,23-24,31-32H,3-5,8-10,12H2,(H,25,26,27,28). The van der Waals surface area contributed by atoms with Crippen molar-refractivity contribution in [1.82, 2.24) is 30.2 Å². The number of hydrogen-bond acceptors (Lipinski definition) is 9. The minimum Gasteiger partial charge on any atom is -0.491 e. The van der Waals surface area contributed by atoms with Gasteiger partial charge in [-0.2, -0.15) is 0 Å². The van der Waals surface area contributed by atoms with Crippen molar-refractivity contribution in [3.63, 3.8) is 0 Å². The fraction of sp³-hybridized carbons (Fsp3) is 0.391. The molecule has 3 aromatic heterocycles. The molecule has 0 amide bonds. The fourth-order valence-corrected chi connectivity index (χ4v) is 4.29. The van der Waals surface area contributed by atoms with E-state index in [2.05, 4.69) is 35.1 Å². The van der Waals surface area contributed by atoms with E-state index >= 15 is 0 Å². The largest absolute Gasteiger partial charge is 0.491 e. The predicted octanol–water partition coefficient (Wildman–Crippen LogP) is 1.91. The van der Waals surface area contributed by atoms with Gasteiger partial charge in [-0.05, 0) is 31.4 Å². The monoisotopic (exact) mass is 449 g/mol. The van der Waals surface area contributed by atoms with Crippen LogP contribution in [0.3, 0.4) is 0 Å². The minimum absolute atomic E-state index is 0.0638. The van der Waals surface area contributed by atoms with E-state index in [1.54, 1.807) is 18.7 Å². The Morgan fingerprint density at radius 1 is 1.24 bits per heavy atom. The van der Waals surface area contributed by atoms with Gasteiger partial charge in [0.2, 0.25) is 0 Å². The van der Waals surface area contributed by atoms with Gasteiger partial charge in [0, 0.05) is 31.1 Å². The van der Waals surface area contributed by atoms with Crippen molar-refractivity contribution < 1.29 is 14.9 Å². The van der Waals surface area contributed by atoms with Crippen LogP contribution in [0.15, 0.2) is 43.0 Å². The van der Waals surface area contributed by atoms with Crippen LogP contribution in [-0.2, 0) is 0 Å². The minimum atomic E-state index is -0.943. The third-order valence-electron chi connectivity index (χ3n) is 5.93. The normalized spacial score (nSPS) is 17.2. The summed E-state index contributed by atoms with van der Waals surface area (Å²) in [7, 11) is 0. The number of para-hydroxylation sites is 1. The number of nitrogens with zero attached hydrogens (tertiary/aromatic N) is 5. The number of pyridine rings is 1. The summed E-state index contributed by atoms with van der Waals surface area (Å²) in [6, 6.07) is 9.68. The zero-order chi connectivity index (χ0) is 22.6. The molecule has 0 spiro atoms. The van der Waals surface area contributed by atoms with E-state index in [1.807, 2.05) is 24.3 Å². The van der Waals surface area contributed by atoms with E-state index in [-0.39, 0.29) is 12.6 Å². The average molecular weight is 450 g/mol. The first-order valence-corrected chi connectivity index (χ1v) is 11.2. The summed E-state index contributed by atoms with van der Waals surface area (Å²) in [6.07, 6.45) is 4.82. The number of nitrogens with one attached hydrogen (secondary N) is 2. The van der Waals surface area contributed by atoms with Crippen LogP contribution in [0.5, 0.6) is 5.75 Å². The summed E-state index contributed by atoms with van der Waals surface area (Å²) in [6.45, 7) is 1.91. The van der Waals surface area contributed by atoms with Crippen LogP contribution in [0.4, 0.5) is 5.82 Å². The number of aromatic amines is 1. The molecule has 0 aliphatic carbocycles. The maximum atomic E-state index is 10.5. The van der Waals surface area contributed by atoms with Gasteiger partial charge >= 0.3 is 0 Å². The van der Waals surface area contributed by atoms with Crippen molar-refractivity contribution in [2.75, 3.05) is 31.2 Å². The molecule has 10 nitrogen and oxygen atoms in total. The molecule has 5 rings (SSSR count). The van der Waals surface area contributed by atoms with Gasteiger partial charge in [0.05, 0.1) is 23.6 Å². The number of imidazole rings is 1. The lowest BCUT2D eigenvalue weighted by molar-refractivity contribution is 0.131. The molecule has 0 bridgehead atoms. The van der Waals surface area contributed by atoms with Crippen molar-refractivity contribution in [1.29, 1.82) is 0 Å². The van der Waals surface area contributed by atoms with Crippen LogP contribution in [0.2, 0.25) is 0 Å². The smallest absolute Gasteiger partial charge is 0.182 e. The summed E-state index contributed by atoms with van der Waals surface area (Å²) >= 11 is 0. The first-order valence-electron chi connectivity index (χ1n) is 11.2. The van der Waals surface area contributed by atoms with Crippen molar-refractivity contribution >= 4 is 27.9 Å². The van der Waals surface area contributed by atoms with Crippen molar-refractivity contribution in [2.24, 2.45) is 0 Å². The van der Waals surface area contributed by atoms with Crippen LogP contribution in [0.25, 0.3) is 22.1 Å². The van der Waals surface area contributed by atoms with Crippen LogP contribution < -0.4 is 15.0 Å². The Bertz CT molecular complexity index is 1230. The fourth-order valence-electron chi connectivity index (χ4n) is 4.29. The number of anilines is 1. The molecule has 0 radical (unpaired) electrons. The topological polar surface area (TPSA) is 132 Å². The van der Waals surface area contributed by atoms with E-state index in [0.29, 0.717) is 36.7 Å². The Morgan fingerprint density at radius 3 is 3.06 bits per heavy atom. The maximum Gasteiger partial charge on any atom is 0.182 e. The van der Waals surface area contributed by atoms with Crippen LogP contribution in [0.1, 0.15) is 31.2 Å². The lowest BCUT2D eigenvalue weighted by Gasteiger charge is -2.26. The first kappa shape index (κ1) is 21.5. The molecule has 10 heteroatoms. The number of H-pyrrole nitrogens is 1. The molecule has 2 unspecified atom stereocenters. The molecule has 1 aliphatic heterocycles. The quantitative estimate of drug-likeness (QED) is 0.223. The molecule has 4 heterocycles. The van der Waals surface area contributed by atoms with E-state index < -0.39 is 6.23 Å². The second-order valence-electron chi connectivity index (χ2n) is 8.10. The molecule has 2 atom stereocenters. The van der Waals surface area contributed by atoms with Gasteiger partial charge < -0.3 is 24.8 Å². The number of rotatable bonds is 9. The third kappa shape index (κ3) is 4.45. The molecule has 1 aromatic carbocycles. The van der Waals surface area contributed by atoms with E-state index in [9.17, 15) is 5.11 Å². The van der Waals surface area contributed by atoms with Crippen LogP contribution >= 0.6 is 0 Å². The van der Waals surface area contributed by atoms with Crippen LogP contribution in [0, 0.1) is 0 Å². The van der Waals surface area contributed by atoms with Gasteiger partial charge in [0.1, 0.15) is 30.4 Å². The summed E-state index contributed by atoms with van der Waals surface area (Å²) in [4.78, 5) is 23.0. The van der Waals surface area contributed by atoms with Crippen molar-refractivity contribution in [2.45, 2.75) is 31.5 Å². The maximum absolute atomic E-state index is 10.5. The van der Waals surface area contributed by atoms with Gasteiger partial charge in [-0.3, -0.25) is 5.32 Å². The molecule has 33 heavy (non-hydrogen) atoms. The Hall–Kier alpha value is -3.34. The lowest BCUT2D eigenvalue weighted by Crippen LogP contribution is -2.35.